The Bertz CT molecular complexity index is 937. The fourth-order valence-corrected chi connectivity index (χ4v) is 7.32. The summed E-state index contributed by atoms with van der Waals surface area (Å²) in [5.41, 5.74) is 4.88. The van der Waals surface area contributed by atoms with Crippen molar-refractivity contribution < 1.29 is 10.2 Å². The third kappa shape index (κ3) is 27.1. The molecule has 0 aliphatic rings. The number of hydrogen-bond acceptors (Lipinski definition) is 2. The molecule has 0 fully saturated rings. The van der Waals surface area contributed by atoms with Gasteiger partial charge in [0.25, 0.3) is 0 Å². The number of aryl methyl sites for hydroxylation is 2. The zero-order valence-electron chi connectivity index (χ0n) is 34.4. The molecule has 0 aliphatic carbocycles. The van der Waals surface area contributed by atoms with Crippen molar-refractivity contribution in [1.82, 2.24) is 0 Å². The van der Waals surface area contributed by atoms with Crippen molar-refractivity contribution in [2.45, 2.75) is 233 Å². The molecule has 0 heterocycles. The van der Waals surface area contributed by atoms with Crippen LogP contribution in [0.5, 0.6) is 11.5 Å². The summed E-state index contributed by atoms with van der Waals surface area (Å²) in [6.07, 6.45) is 41.2. The fraction of sp³-hybridized carbons (Fsp3) is 0.750. The smallest absolute Gasteiger partial charge is 0.872 e. The van der Waals surface area contributed by atoms with Gasteiger partial charge < -0.3 is 10.2 Å². The van der Waals surface area contributed by atoms with Crippen LogP contribution >= 0.6 is 0 Å². The van der Waals surface area contributed by atoms with E-state index in [0.717, 1.165) is 36.8 Å². The maximum absolute atomic E-state index is 12.3. The van der Waals surface area contributed by atoms with Crippen LogP contribution in [0, 0.1) is 0 Å². The largest absolute Gasteiger partial charge is 2.00 e. The van der Waals surface area contributed by atoms with Crippen LogP contribution in [0.1, 0.15) is 230 Å². The Morgan fingerprint density at radius 2 is 0.549 bits per heavy atom. The first-order valence-corrected chi connectivity index (χ1v) is 22.1. The quantitative estimate of drug-likeness (QED) is 0.0546. The summed E-state index contributed by atoms with van der Waals surface area (Å²) in [7, 11) is 0. The molecule has 0 saturated heterocycles. The first-order valence-electron chi connectivity index (χ1n) is 22.1. The third-order valence-electron chi connectivity index (χ3n) is 10.6. The predicted molar refractivity (Wildman–Crippen MR) is 224 cm³/mol. The van der Waals surface area contributed by atoms with Crippen LogP contribution in [0.3, 0.4) is 0 Å². The molecule has 2 nitrogen and oxygen atoms in total. The molecule has 0 amide bonds. The topological polar surface area (TPSA) is 46.1 Å². The Kier molecular flexibility index (Phi) is 36.3. The second-order valence-electron chi connectivity index (χ2n) is 15.3. The monoisotopic (exact) mass is 811 g/mol. The van der Waals surface area contributed by atoms with Crippen molar-refractivity contribution in [3.8, 4) is 11.5 Å². The molecule has 0 aromatic heterocycles. The van der Waals surface area contributed by atoms with Crippen LogP contribution in [-0.2, 0) is 25.7 Å². The minimum absolute atomic E-state index is 0. The van der Waals surface area contributed by atoms with E-state index in [4.69, 9.17) is 0 Å². The fourth-order valence-electron chi connectivity index (χ4n) is 7.32. The van der Waals surface area contributed by atoms with Gasteiger partial charge >= 0.3 is 23.9 Å². The number of benzene rings is 2. The molecule has 51 heavy (non-hydrogen) atoms. The van der Waals surface area contributed by atoms with Gasteiger partial charge in [0.15, 0.2) is 0 Å². The first-order chi connectivity index (χ1) is 24.6. The van der Waals surface area contributed by atoms with Crippen molar-refractivity contribution in [2.75, 3.05) is 0 Å². The summed E-state index contributed by atoms with van der Waals surface area (Å²) in [6, 6.07) is 11.8. The normalized spacial score (nSPS) is 10.9. The van der Waals surface area contributed by atoms with Gasteiger partial charge in [0.2, 0.25) is 0 Å². The van der Waals surface area contributed by atoms with Gasteiger partial charge in [-0.15, -0.1) is 11.5 Å². The summed E-state index contributed by atoms with van der Waals surface area (Å²) in [6.45, 7) is 9.06. The van der Waals surface area contributed by atoms with E-state index < -0.39 is 0 Å². The van der Waals surface area contributed by atoms with Gasteiger partial charge in [-0.05, 0) is 62.5 Å². The summed E-state index contributed by atoms with van der Waals surface area (Å²) >= 11 is 0. The molecule has 0 N–H and O–H groups in total. The molecule has 0 spiro atoms. The Morgan fingerprint density at radius 1 is 0.314 bits per heavy atom. The van der Waals surface area contributed by atoms with Crippen LogP contribution in [-0.4, -0.2) is 23.9 Å². The summed E-state index contributed by atoms with van der Waals surface area (Å²) < 4.78 is 0. The molecular formula is C48H82O2Sn. The van der Waals surface area contributed by atoms with Gasteiger partial charge in [0.1, 0.15) is 0 Å². The SMILES string of the molecule is CCCCCCCCCc1cccc([O-])c1CCCCCCCCC.CCCCCCCCCc1cccc([O-])c1CCCCCCCCC.[Sn+2]. The van der Waals surface area contributed by atoms with Crippen molar-refractivity contribution >= 4 is 23.9 Å². The van der Waals surface area contributed by atoms with Crippen molar-refractivity contribution in [2.24, 2.45) is 0 Å². The van der Waals surface area contributed by atoms with Gasteiger partial charge in [-0.25, -0.2) is 0 Å². The van der Waals surface area contributed by atoms with Crippen molar-refractivity contribution in [3.63, 3.8) is 0 Å². The third-order valence-corrected chi connectivity index (χ3v) is 10.6. The molecule has 2 aromatic carbocycles. The van der Waals surface area contributed by atoms with Crippen LogP contribution in [0.4, 0.5) is 0 Å². The van der Waals surface area contributed by atoms with E-state index in [1.807, 2.05) is 12.1 Å². The number of hydrogen-bond donors (Lipinski definition) is 0. The van der Waals surface area contributed by atoms with E-state index in [9.17, 15) is 10.2 Å². The average molecular weight is 810 g/mol. The molecule has 2 radical (unpaired) electrons. The maximum Gasteiger partial charge on any atom is 2.00 e. The molecule has 0 aliphatic heterocycles. The molecule has 2 rings (SSSR count). The Hall–Kier alpha value is -1.16. The molecule has 2 aromatic rings. The molecule has 290 valence electrons. The average Bonchev–Trinajstić information content (AvgIpc) is 3.12. The van der Waals surface area contributed by atoms with E-state index in [1.165, 1.54) is 191 Å². The minimum Gasteiger partial charge on any atom is -0.872 e. The second kappa shape index (κ2) is 37.2. The van der Waals surface area contributed by atoms with Crippen LogP contribution < -0.4 is 10.2 Å². The van der Waals surface area contributed by atoms with Gasteiger partial charge in [-0.2, -0.15) is 0 Å². The van der Waals surface area contributed by atoms with Gasteiger partial charge in [0, 0.05) is 0 Å². The maximum atomic E-state index is 12.3. The van der Waals surface area contributed by atoms with E-state index in [0.29, 0.717) is 0 Å². The van der Waals surface area contributed by atoms with Crippen LogP contribution in [0.25, 0.3) is 0 Å². The Morgan fingerprint density at radius 3 is 0.824 bits per heavy atom. The first kappa shape index (κ1) is 49.8. The van der Waals surface area contributed by atoms with Gasteiger partial charge in [-0.1, -0.05) is 229 Å². The predicted octanol–water partition coefficient (Wildman–Crippen LogP) is 14.3. The second-order valence-corrected chi connectivity index (χ2v) is 15.3. The molecule has 0 saturated carbocycles. The number of rotatable bonds is 32. The molecule has 3 heteroatoms. The van der Waals surface area contributed by atoms with Crippen molar-refractivity contribution in [1.29, 1.82) is 0 Å². The summed E-state index contributed by atoms with van der Waals surface area (Å²) in [4.78, 5) is 0. The van der Waals surface area contributed by atoms with Crippen LogP contribution in [0.2, 0.25) is 0 Å². The standard InChI is InChI=1S/2C24H42O.Sn/c2*1-3-5-7-9-11-13-15-18-22-19-17-21-24(25)23(22)20-16-14-12-10-8-6-4-2;/h2*17,19,21,25H,3-16,18,20H2,1-2H3;/q;;+2/p-2. The minimum atomic E-state index is 0. The zero-order chi connectivity index (χ0) is 36.3. The van der Waals surface area contributed by atoms with Crippen LogP contribution in [0.15, 0.2) is 36.4 Å². The molecule has 0 bridgehead atoms. The Labute approximate surface area is 335 Å². The molecule has 0 atom stereocenters. The molecule has 0 unspecified atom stereocenters. The summed E-state index contributed by atoms with van der Waals surface area (Å²) in [5, 5.41) is 24.5. The van der Waals surface area contributed by atoms with E-state index >= 15 is 0 Å². The zero-order valence-corrected chi connectivity index (χ0v) is 37.3. The summed E-state index contributed by atoms with van der Waals surface area (Å²) in [5.74, 6) is 0.540. The molecular weight excluding hydrogens is 727 g/mol. The van der Waals surface area contributed by atoms with E-state index in [-0.39, 0.29) is 35.4 Å². The van der Waals surface area contributed by atoms with Crippen molar-refractivity contribution in [3.05, 3.63) is 58.7 Å². The van der Waals surface area contributed by atoms with E-state index in [2.05, 4.69) is 39.8 Å². The Balaban J connectivity index is 0.000000962. The van der Waals surface area contributed by atoms with Gasteiger partial charge in [0.05, 0.1) is 0 Å². The van der Waals surface area contributed by atoms with Gasteiger partial charge in [-0.3, -0.25) is 0 Å². The number of unbranched alkanes of at least 4 members (excludes halogenated alkanes) is 24. The van der Waals surface area contributed by atoms with E-state index in [1.54, 1.807) is 12.1 Å².